The van der Waals surface area contributed by atoms with Gasteiger partial charge < -0.3 is 19.3 Å². The minimum Gasteiger partial charge on any atom is -0.504 e. The van der Waals surface area contributed by atoms with Gasteiger partial charge in [0.15, 0.2) is 29.6 Å². The van der Waals surface area contributed by atoms with E-state index in [0.717, 1.165) is 0 Å². The predicted molar refractivity (Wildman–Crippen MR) is 88.9 cm³/mol. The molecule has 0 unspecified atom stereocenters. The summed E-state index contributed by atoms with van der Waals surface area (Å²) in [7, 11) is 2.99. The summed E-state index contributed by atoms with van der Waals surface area (Å²) in [6.07, 6.45) is 1.40. The highest BCUT2D eigenvalue weighted by molar-refractivity contribution is 5.83. The zero-order valence-electron chi connectivity index (χ0n) is 13.4. The van der Waals surface area contributed by atoms with Gasteiger partial charge >= 0.3 is 0 Å². The third-order valence-corrected chi connectivity index (χ3v) is 3.03. The Balaban J connectivity index is 1.85. The summed E-state index contributed by atoms with van der Waals surface area (Å²) in [5.41, 5.74) is 2.95. The number of hydrogen-bond acceptors (Lipinski definition) is 6. The lowest BCUT2D eigenvalue weighted by Crippen LogP contribution is -2.24. The standard InChI is InChI=1S/C17H18N2O5/c1-22-14-8-7-12(9-13(14)20)10-18-19-17(21)11-24-16-6-4-3-5-15(16)23-2/h3-10,20H,11H2,1-2H3,(H,19,21). The van der Waals surface area contributed by atoms with Gasteiger partial charge in [-0.3, -0.25) is 4.79 Å². The van der Waals surface area contributed by atoms with Gasteiger partial charge in [-0.25, -0.2) is 5.43 Å². The summed E-state index contributed by atoms with van der Waals surface area (Å²) in [4.78, 5) is 11.7. The summed E-state index contributed by atoms with van der Waals surface area (Å²) in [5.74, 6) is 0.949. The molecule has 2 aromatic carbocycles. The van der Waals surface area contributed by atoms with Crippen molar-refractivity contribution < 1.29 is 24.1 Å². The molecule has 0 bridgehead atoms. The lowest BCUT2D eigenvalue weighted by Gasteiger charge is -2.09. The molecule has 2 N–H and O–H groups in total. The zero-order chi connectivity index (χ0) is 17.4. The number of phenols is 1. The van der Waals surface area contributed by atoms with Crippen molar-refractivity contribution in [1.29, 1.82) is 0 Å². The number of phenolic OH excluding ortho intramolecular Hbond substituents is 1. The van der Waals surface area contributed by atoms with Gasteiger partial charge in [0.05, 0.1) is 20.4 Å². The normalized spacial score (nSPS) is 10.4. The van der Waals surface area contributed by atoms with Crippen molar-refractivity contribution in [2.75, 3.05) is 20.8 Å². The molecule has 0 aliphatic heterocycles. The molecule has 24 heavy (non-hydrogen) atoms. The number of methoxy groups -OCH3 is 2. The van der Waals surface area contributed by atoms with Gasteiger partial charge in [-0.1, -0.05) is 12.1 Å². The Kier molecular flexibility index (Phi) is 6.01. The van der Waals surface area contributed by atoms with E-state index in [0.29, 0.717) is 22.8 Å². The molecule has 0 aliphatic rings. The van der Waals surface area contributed by atoms with Crippen LogP contribution >= 0.6 is 0 Å². The average Bonchev–Trinajstić information content (AvgIpc) is 2.60. The van der Waals surface area contributed by atoms with Crippen molar-refractivity contribution in [3.63, 3.8) is 0 Å². The van der Waals surface area contributed by atoms with E-state index < -0.39 is 5.91 Å². The second-order valence-electron chi connectivity index (χ2n) is 4.66. The molecule has 0 saturated carbocycles. The van der Waals surface area contributed by atoms with Crippen LogP contribution in [0.1, 0.15) is 5.56 Å². The Labute approximate surface area is 139 Å². The second kappa shape index (κ2) is 8.42. The summed E-state index contributed by atoms with van der Waals surface area (Å²) >= 11 is 0. The van der Waals surface area contributed by atoms with Crippen LogP contribution in [0, 0.1) is 0 Å². The number of aromatic hydroxyl groups is 1. The Morgan fingerprint density at radius 1 is 1.12 bits per heavy atom. The Morgan fingerprint density at radius 2 is 1.83 bits per heavy atom. The van der Waals surface area contributed by atoms with Crippen LogP contribution in [-0.2, 0) is 4.79 Å². The van der Waals surface area contributed by atoms with Crippen molar-refractivity contribution in [2.45, 2.75) is 0 Å². The van der Waals surface area contributed by atoms with E-state index in [9.17, 15) is 9.90 Å². The van der Waals surface area contributed by atoms with E-state index in [4.69, 9.17) is 14.2 Å². The number of amides is 1. The number of carbonyl (C=O) groups is 1. The van der Waals surface area contributed by atoms with Crippen molar-refractivity contribution >= 4 is 12.1 Å². The quantitative estimate of drug-likeness (QED) is 0.598. The molecule has 7 nitrogen and oxygen atoms in total. The third-order valence-electron chi connectivity index (χ3n) is 3.03. The Bertz CT molecular complexity index is 731. The number of hydrogen-bond donors (Lipinski definition) is 2. The van der Waals surface area contributed by atoms with Crippen LogP contribution in [0.15, 0.2) is 47.6 Å². The van der Waals surface area contributed by atoms with E-state index in [-0.39, 0.29) is 12.4 Å². The smallest absolute Gasteiger partial charge is 0.277 e. The average molecular weight is 330 g/mol. The topological polar surface area (TPSA) is 89.4 Å². The monoisotopic (exact) mass is 330 g/mol. The molecule has 0 spiro atoms. The molecule has 7 heteroatoms. The van der Waals surface area contributed by atoms with Crippen molar-refractivity contribution in [2.24, 2.45) is 5.10 Å². The van der Waals surface area contributed by atoms with Gasteiger partial charge in [-0.05, 0) is 35.9 Å². The maximum atomic E-state index is 11.7. The molecule has 2 rings (SSSR count). The highest BCUT2D eigenvalue weighted by Gasteiger charge is 2.06. The second-order valence-corrected chi connectivity index (χ2v) is 4.66. The molecule has 0 fully saturated rings. The van der Waals surface area contributed by atoms with Crippen LogP contribution in [0.5, 0.6) is 23.0 Å². The minimum absolute atomic E-state index is 0.00715. The summed E-state index contributed by atoms with van der Waals surface area (Å²) < 4.78 is 15.4. The van der Waals surface area contributed by atoms with E-state index in [1.54, 1.807) is 36.4 Å². The van der Waals surface area contributed by atoms with Gasteiger partial charge in [0.1, 0.15) is 0 Å². The molecule has 0 aliphatic carbocycles. The predicted octanol–water partition coefficient (Wildman–Crippen LogP) is 1.94. The fraction of sp³-hybridized carbons (Fsp3) is 0.176. The van der Waals surface area contributed by atoms with E-state index in [2.05, 4.69) is 10.5 Å². The molecular formula is C17H18N2O5. The molecule has 1 amide bonds. The van der Waals surface area contributed by atoms with Gasteiger partial charge in [-0.15, -0.1) is 0 Å². The largest absolute Gasteiger partial charge is 0.504 e. The van der Waals surface area contributed by atoms with Gasteiger partial charge in [0.2, 0.25) is 0 Å². The first kappa shape index (κ1) is 17.1. The summed E-state index contributed by atoms with van der Waals surface area (Å²) in [6, 6.07) is 11.8. The van der Waals surface area contributed by atoms with Crippen molar-refractivity contribution in [3.8, 4) is 23.0 Å². The number of rotatable bonds is 7. The molecule has 0 radical (unpaired) electrons. The first-order valence-corrected chi connectivity index (χ1v) is 7.08. The van der Waals surface area contributed by atoms with Crippen LogP contribution in [0.25, 0.3) is 0 Å². The maximum Gasteiger partial charge on any atom is 0.277 e. The third kappa shape index (κ3) is 4.64. The van der Waals surface area contributed by atoms with Crippen LogP contribution in [0.4, 0.5) is 0 Å². The Morgan fingerprint density at radius 3 is 2.50 bits per heavy atom. The lowest BCUT2D eigenvalue weighted by atomic mass is 10.2. The lowest BCUT2D eigenvalue weighted by molar-refractivity contribution is -0.123. The van der Waals surface area contributed by atoms with Crippen LogP contribution < -0.4 is 19.6 Å². The number of nitrogens with one attached hydrogen (secondary N) is 1. The first-order chi connectivity index (χ1) is 11.6. The molecule has 126 valence electrons. The molecule has 0 heterocycles. The molecule has 0 aromatic heterocycles. The molecule has 2 aromatic rings. The van der Waals surface area contributed by atoms with E-state index in [1.807, 2.05) is 0 Å². The highest BCUT2D eigenvalue weighted by Crippen LogP contribution is 2.26. The number of ether oxygens (including phenoxy) is 3. The molecule has 0 saturated heterocycles. The summed E-state index contributed by atoms with van der Waals surface area (Å²) in [5, 5.41) is 13.5. The van der Waals surface area contributed by atoms with Crippen molar-refractivity contribution in [3.05, 3.63) is 48.0 Å². The number of benzene rings is 2. The number of carbonyl (C=O) groups excluding carboxylic acids is 1. The van der Waals surface area contributed by atoms with Gasteiger partial charge in [-0.2, -0.15) is 5.10 Å². The number of hydrazone groups is 1. The maximum absolute atomic E-state index is 11.7. The van der Waals surface area contributed by atoms with Crippen LogP contribution in [-0.4, -0.2) is 38.1 Å². The molecular weight excluding hydrogens is 312 g/mol. The zero-order valence-corrected chi connectivity index (χ0v) is 13.4. The SMILES string of the molecule is COc1ccc(C=NNC(=O)COc2ccccc2OC)cc1O. The van der Waals surface area contributed by atoms with Gasteiger partial charge in [0.25, 0.3) is 5.91 Å². The summed E-state index contributed by atoms with van der Waals surface area (Å²) in [6.45, 7) is -0.203. The van der Waals surface area contributed by atoms with Crippen LogP contribution in [0.3, 0.4) is 0 Å². The van der Waals surface area contributed by atoms with Gasteiger partial charge in [0, 0.05) is 0 Å². The fourth-order valence-electron chi connectivity index (χ4n) is 1.88. The Hall–Kier alpha value is -3.22. The first-order valence-electron chi connectivity index (χ1n) is 7.08. The van der Waals surface area contributed by atoms with E-state index in [1.165, 1.54) is 26.5 Å². The molecule has 0 atom stereocenters. The fourth-order valence-corrected chi connectivity index (χ4v) is 1.88. The van der Waals surface area contributed by atoms with Crippen LogP contribution in [0.2, 0.25) is 0 Å². The number of para-hydroxylation sites is 2. The number of nitrogens with zero attached hydrogens (tertiary/aromatic N) is 1. The minimum atomic E-state index is -0.421. The highest BCUT2D eigenvalue weighted by atomic mass is 16.5. The van der Waals surface area contributed by atoms with E-state index >= 15 is 0 Å². The van der Waals surface area contributed by atoms with Crippen molar-refractivity contribution in [1.82, 2.24) is 5.43 Å².